The van der Waals surface area contributed by atoms with Crippen LogP contribution in [0.15, 0.2) is 30.5 Å². The summed E-state index contributed by atoms with van der Waals surface area (Å²) in [5, 5.41) is 16.2. The van der Waals surface area contributed by atoms with Crippen LogP contribution in [0, 0.1) is 5.82 Å². The molecule has 0 radical (unpaired) electrons. The Bertz CT molecular complexity index is 608. The minimum atomic E-state index is -0.969. The van der Waals surface area contributed by atoms with E-state index < -0.39 is 11.9 Å². The average molecular weight is 263 g/mol. The molecule has 0 unspecified atom stereocenters. The summed E-state index contributed by atoms with van der Waals surface area (Å²) in [5.41, 5.74) is 0.780. The van der Waals surface area contributed by atoms with E-state index in [1.165, 1.54) is 36.9 Å². The van der Waals surface area contributed by atoms with Gasteiger partial charge in [0.25, 0.3) is 5.91 Å². The smallest absolute Gasteiger partial charge is 0.271 e. The Labute approximate surface area is 109 Å². The van der Waals surface area contributed by atoms with Crippen molar-refractivity contribution in [1.29, 1.82) is 0 Å². The van der Waals surface area contributed by atoms with Crippen LogP contribution in [-0.2, 0) is 0 Å². The quantitative estimate of drug-likeness (QED) is 0.880. The lowest BCUT2D eigenvalue weighted by atomic mass is 10.1. The molecule has 1 heterocycles. The maximum Gasteiger partial charge on any atom is 0.271 e. The van der Waals surface area contributed by atoms with Gasteiger partial charge in [0, 0.05) is 18.8 Å². The van der Waals surface area contributed by atoms with Crippen molar-refractivity contribution in [1.82, 2.24) is 15.1 Å². The number of halogens is 1. The van der Waals surface area contributed by atoms with E-state index in [1.807, 2.05) is 0 Å². The number of nitrogens with one attached hydrogen (secondary N) is 1. The largest absolute Gasteiger partial charge is 0.389 e. The summed E-state index contributed by atoms with van der Waals surface area (Å²) in [4.78, 5) is 11.4. The number of aliphatic hydroxyl groups is 1. The van der Waals surface area contributed by atoms with E-state index in [9.17, 15) is 14.3 Å². The van der Waals surface area contributed by atoms with Gasteiger partial charge in [-0.15, -0.1) is 0 Å². The number of carbonyl (C=O) groups excluding carboxylic acids is 1. The Morgan fingerprint density at radius 1 is 1.47 bits per heavy atom. The van der Waals surface area contributed by atoms with Crippen molar-refractivity contribution in [3.05, 3.63) is 47.5 Å². The van der Waals surface area contributed by atoms with Crippen molar-refractivity contribution in [3.63, 3.8) is 0 Å². The number of hydrogen-bond donors (Lipinski definition) is 2. The SMILES string of the molecule is CNC(=O)c1ccn(-c2cccc(F)c2[C@H](C)O)n1. The zero-order valence-corrected chi connectivity index (χ0v) is 10.6. The minimum Gasteiger partial charge on any atom is -0.389 e. The standard InChI is InChI=1S/C13H14FN3O2/c1-8(18)12-9(14)4-3-5-11(12)17-7-6-10(16-17)13(19)15-2/h3-8,18H,1-2H3,(H,15,19)/t8-/m0/s1. The molecule has 1 atom stereocenters. The molecule has 6 heteroatoms. The third-order valence-corrected chi connectivity index (χ3v) is 2.74. The van der Waals surface area contributed by atoms with Crippen LogP contribution in [0.3, 0.4) is 0 Å². The molecule has 0 spiro atoms. The van der Waals surface area contributed by atoms with Crippen LogP contribution >= 0.6 is 0 Å². The van der Waals surface area contributed by atoms with Gasteiger partial charge in [-0.05, 0) is 25.1 Å². The van der Waals surface area contributed by atoms with Crippen molar-refractivity contribution in [3.8, 4) is 5.69 Å². The van der Waals surface area contributed by atoms with Crippen LogP contribution < -0.4 is 5.32 Å². The number of nitrogens with zero attached hydrogens (tertiary/aromatic N) is 2. The Balaban J connectivity index is 2.50. The molecule has 1 aromatic heterocycles. The van der Waals surface area contributed by atoms with Crippen LogP contribution in [0.4, 0.5) is 4.39 Å². The molecule has 100 valence electrons. The Kier molecular flexibility index (Phi) is 3.62. The monoisotopic (exact) mass is 263 g/mol. The zero-order chi connectivity index (χ0) is 14.0. The molecule has 2 rings (SSSR count). The number of rotatable bonds is 3. The van der Waals surface area contributed by atoms with E-state index in [0.717, 1.165) is 0 Å². The Hall–Kier alpha value is -2.21. The molecule has 0 fully saturated rings. The highest BCUT2D eigenvalue weighted by molar-refractivity contribution is 5.91. The topological polar surface area (TPSA) is 67.2 Å². The molecule has 1 aromatic carbocycles. The number of carbonyl (C=O) groups is 1. The van der Waals surface area contributed by atoms with E-state index in [2.05, 4.69) is 10.4 Å². The molecule has 1 amide bonds. The maximum atomic E-state index is 13.7. The molecule has 19 heavy (non-hydrogen) atoms. The molecule has 2 N–H and O–H groups in total. The highest BCUT2D eigenvalue weighted by Gasteiger charge is 2.16. The molecule has 0 aliphatic rings. The fourth-order valence-electron chi connectivity index (χ4n) is 1.85. The summed E-state index contributed by atoms with van der Waals surface area (Å²) in [6.07, 6.45) is 0.578. The lowest BCUT2D eigenvalue weighted by Gasteiger charge is -2.12. The average Bonchev–Trinajstić information content (AvgIpc) is 2.86. The second-order valence-electron chi connectivity index (χ2n) is 4.07. The molecule has 0 saturated heterocycles. The van der Waals surface area contributed by atoms with Gasteiger partial charge in [0.2, 0.25) is 0 Å². The van der Waals surface area contributed by atoms with Crippen molar-refractivity contribution < 1.29 is 14.3 Å². The third kappa shape index (κ3) is 2.48. The van der Waals surface area contributed by atoms with E-state index in [4.69, 9.17) is 0 Å². The van der Waals surface area contributed by atoms with Crippen LogP contribution in [0.5, 0.6) is 0 Å². The number of hydrogen-bond acceptors (Lipinski definition) is 3. The van der Waals surface area contributed by atoms with Gasteiger partial charge in [-0.3, -0.25) is 4.79 Å². The van der Waals surface area contributed by atoms with Gasteiger partial charge in [0.1, 0.15) is 5.82 Å². The fraction of sp³-hybridized carbons (Fsp3) is 0.231. The van der Waals surface area contributed by atoms with Gasteiger partial charge in [-0.2, -0.15) is 5.10 Å². The second-order valence-corrected chi connectivity index (χ2v) is 4.07. The van der Waals surface area contributed by atoms with Crippen LogP contribution in [-0.4, -0.2) is 27.8 Å². The van der Waals surface area contributed by atoms with Crippen LogP contribution in [0.25, 0.3) is 5.69 Å². The molecular weight excluding hydrogens is 249 g/mol. The molecule has 0 aliphatic heterocycles. The molecule has 0 saturated carbocycles. The first-order valence-corrected chi connectivity index (χ1v) is 5.79. The summed E-state index contributed by atoms with van der Waals surface area (Å²) in [6.45, 7) is 1.48. The molecule has 0 bridgehead atoms. The van der Waals surface area contributed by atoms with E-state index >= 15 is 0 Å². The number of aliphatic hydroxyl groups excluding tert-OH is 1. The number of benzene rings is 1. The second kappa shape index (κ2) is 5.19. The van der Waals surface area contributed by atoms with E-state index in [1.54, 1.807) is 12.3 Å². The lowest BCUT2D eigenvalue weighted by molar-refractivity contribution is 0.0957. The highest BCUT2D eigenvalue weighted by Crippen LogP contribution is 2.24. The molecule has 5 nitrogen and oxygen atoms in total. The summed E-state index contributed by atoms with van der Waals surface area (Å²) < 4.78 is 15.1. The van der Waals surface area contributed by atoms with Crippen LogP contribution in [0.1, 0.15) is 29.1 Å². The van der Waals surface area contributed by atoms with Gasteiger partial charge in [-0.25, -0.2) is 9.07 Å². The van der Waals surface area contributed by atoms with Gasteiger partial charge < -0.3 is 10.4 Å². The van der Waals surface area contributed by atoms with Crippen molar-refractivity contribution in [2.45, 2.75) is 13.0 Å². The number of amides is 1. The Morgan fingerprint density at radius 3 is 2.84 bits per heavy atom. The van der Waals surface area contributed by atoms with Crippen molar-refractivity contribution in [2.24, 2.45) is 0 Å². The first kappa shape index (κ1) is 13.2. The minimum absolute atomic E-state index is 0.147. The first-order valence-electron chi connectivity index (χ1n) is 5.79. The van der Waals surface area contributed by atoms with Crippen molar-refractivity contribution >= 4 is 5.91 Å². The summed E-state index contributed by atoms with van der Waals surface area (Å²) in [6, 6.07) is 5.95. The zero-order valence-electron chi connectivity index (χ0n) is 10.6. The molecule has 2 aromatic rings. The first-order chi connectivity index (χ1) is 9.04. The summed E-state index contributed by atoms with van der Waals surface area (Å²) >= 11 is 0. The predicted molar refractivity (Wildman–Crippen MR) is 67.5 cm³/mol. The van der Waals surface area contributed by atoms with Crippen molar-refractivity contribution in [2.75, 3.05) is 7.05 Å². The highest BCUT2D eigenvalue weighted by atomic mass is 19.1. The lowest BCUT2D eigenvalue weighted by Crippen LogP contribution is -2.18. The molecular formula is C13H14FN3O2. The maximum absolute atomic E-state index is 13.7. The summed E-state index contributed by atoms with van der Waals surface area (Å²) in [5.74, 6) is -0.835. The van der Waals surface area contributed by atoms with Crippen LogP contribution in [0.2, 0.25) is 0 Å². The predicted octanol–water partition coefficient (Wildman–Crippen LogP) is 1.42. The van der Waals surface area contributed by atoms with Gasteiger partial charge in [0.15, 0.2) is 5.69 Å². The summed E-state index contributed by atoms with van der Waals surface area (Å²) in [7, 11) is 1.50. The van der Waals surface area contributed by atoms with Gasteiger partial charge in [-0.1, -0.05) is 6.07 Å². The van der Waals surface area contributed by atoms with E-state index in [0.29, 0.717) is 5.69 Å². The fourth-order valence-corrected chi connectivity index (χ4v) is 1.85. The van der Waals surface area contributed by atoms with Gasteiger partial charge in [0.05, 0.1) is 11.8 Å². The number of aromatic nitrogens is 2. The Morgan fingerprint density at radius 2 is 2.21 bits per heavy atom. The van der Waals surface area contributed by atoms with E-state index in [-0.39, 0.29) is 17.2 Å². The normalized spacial score (nSPS) is 12.2. The van der Waals surface area contributed by atoms with Gasteiger partial charge >= 0.3 is 0 Å². The molecule has 0 aliphatic carbocycles. The third-order valence-electron chi connectivity index (χ3n) is 2.74.